The van der Waals surface area contributed by atoms with Crippen LogP contribution in [0.15, 0.2) is 0 Å². The summed E-state index contributed by atoms with van der Waals surface area (Å²) in [6, 6.07) is -2.86. The standard InChI is InChI=1S/C17H29ClN4O4/c1-9(2)14(13(23)8-18)21-16(25)12-6-5-7-22(12)17(26)11(4)20-15(24)10(3)19/h9-12,14H,5-8,19H2,1-4H3,(H,20,24)(H,21,25)/t10-,11-,12-,14-/m0/s1. The second-order valence-electron chi connectivity index (χ2n) is 7.04. The molecule has 0 aromatic rings. The fraction of sp³-hybridized carbons (Fsp3) is 0.765. The molecule has 0 unspecified atom stereocenters. The molecule has 148 valence electrons. The van der Waals surface area contributed by atoms with Gasteiger partial charge in [-0.15, -0.1) is 11.6 Å². The van der Waals surface area contributed by atoms with Crippen LogP contribution in [0.3, 0.4) is 0 Å². The molecule has 1 saturated heterocycles. The van der Waals surface area contributed by atoms with Crippen LogP contribution in [0.1, 0.15) is 40.5 Å². The predicted octanol–water partition coefficient (Wildman–Crippen LogP) is -0.222. The Morgan fingerprint density at radius 3 is 2.27 bits per heavy atom. The van der Waals surface area contributed by atoms with Gasteiger partial charge in [0, 0.05) is 6.54 Å². The molecule has 1 rings (SSSR count). The Morgan fingerprint density at radius 1 is 1.15 bits per heavy atom. The zero-order valence-electron chi connectivity index (χ0n) is 15.8. The first-order valence-corrected chi connectivity index (χ1v) is 9.39. The maximum absolute atomic E-state index is 12.6. The smallest absolute Gasteiger partial charge is 0.245 e. The number of amides is 3. The number of Topliss-reactive ketones (excluding diaryl/α,β-unsaturated/α-hetero) is 1. The highest BCUT2D eigenvalue weighted by molar-refractivity contribution is 6.28. The van der Waals surface area contributed by atoms with E-state index in [9.17, 15) is 19.2 Å². The maximum Gasteiger partial charge on any atom is 0.245 e. The van der Waals surface area contributed by atoms with E-state index in [0.717, 1.165) is 0 Å². The number of carbonyl (C=O) groups excluding carboxylic acids is 4. The Kier molecular flexibility index (Phi) is 8.49. The van der Waals surface area contributed by atoms with Crippen molar-refractivity contribution in [3.05, 3.63) is 0 Å². The molecule has 3 amide bonds. The number of nitrogens with two attached hydrogens (primary N) is 1. The lowest BCUT2D eigenvalue weighted by molar-refractivity contribution is -0.141. The highest BCUT2D eigenvalue weighted by Gasteiger charge is 2.38. The van der Waals surface area contributed by atoms with Crippen LogP contribution in [0.5, 0.6) is 0 Å². The van der Waals surface area contributed by atoms with Crippen LogP contribution >= 0.6 is 11.6 Å². The average molecular weight is 389 g/mol. The molecule has 4 atom stereocenters. The summed E-state index contributed by atoms with van der Waals surface area (Å²) in [4.78, 5) is 50.3. The van der Waals surface area contributed by atoms with Crippen molar-refractivity contribution in [1.29, 1.82) is 0 Å². The minimum atomic E-state index is -0.785. The van der Waals surface area contributed by atoms with Gasteiger partial charge < -0.3 is 21.3 Å². The van der Waals surface area contributed by atoms with Gasteiger partial charge in [0.25, 0.3) is 0 Å². The zero-order valence-corrected chi connectivity index (χ0v) is 16.5. The predicted molar refractivity (Wildman–Crippen MR) is 98.5 cm³/mol. The molecular formula is C17H29ClN4O4. The zero-order chi connectivity index (χ0) is 20.0. The lowest BCUT2D eigenvalue weighted by atomic mass is 10.00. The molecule has 0 aromatic carbocycles. The monoisotopic (exact) mass is 388 g/mol. The normalized spacial score (nSPS) is 20.4. The van der Waals surface area contributed by atoms with Gasteiger partial charge >= 0.3 is 0 Å². The van der Waals surface area contributed by atoms with E-state index in [-0.39, 0.29) is 29.4 Å². The Morgan fingerprint density at radius 2 is 1.77 bits per heavy atom. The van der Waals surface area contributed by atoms with E-state index in [1.165, 1.54) is 11.8 Å². The van der Waals surface area contributed by atoms with E-state index in [2.05, 4.69) is 10.6 Å². The minimum Gasteiger partial charge on any atom is -0.344 e. The van der Waals surface area contributed by atoms with Crippen molar-refractivity contribution >= 4 is 35.1 Å². The first-order valence-electron chi connectivity index (χ1n) is 8.85. The summed E-state index contributed by atoms with van der Waals surface area (Å²) in [7, 11) is 0. The Hall–Kier alpha value is -1.67. The third-order valence-corrected chi connectivity index (χ3v) is 4.69. The van der Waals surface area contributed by atoms with Crippen LogP contribution in [-0.2, 0) is 19.2 Å². The molecule has 1 aliphatic heterocycles. The summed E-state index contributed by atoms with van der Waals surface area (Å²) in [6.07, 6.45) is 1.18. The molecule has 1 fully saturated rings. The number of hydrogen-bond acceptors (Lipinski definition) is 5. The molecule has 0 bridgehead atoms. The van der Waals surface area contributed by atoms with E-state index < -0.39 is 30.1 Å². The number of nitrogens with one attached hydrogen (secondary N) is 2. The van der Waals surface area contributed by atoms with E-state index in [1.54, 1.807) is 6.92 Å². The number of alkyl halides is 1. The van der Waals surface area contributed by atoms with Gasteiger partial charge in [0.15, 0.2) is 5.78 Å². The average Bonchev–Trinajstić information content (AvgIpc) is 3.07. The SMILES string of the molecule is CC(C)[C@H](NC(=O)[C@@H]1CCCN1C(=O)[C@H](C)NC(=O)[C@H](C)N)C(=O)CCl. The first kappa shape index (κ1) is 22.4. The molecule has 0 aromatic heterocycles. The molecule has 1 aliphatic rings. The van der Waals surface area contributed by atoms with Crippen LogP contribution in [0.25, 0.3) is 0 Å². The van der Waals surface area contributed by atoms with E-state index in [0.29, 0.717) is 19.4 Å². The second-order valence-corrected chi connectivity index (χ2v) is 7.31. The van der Waals surface area contributed by atoms with Crippen LogP contribution in [0.2, 0.25) is 0 Å². The number of rotatable bonds is 8. The Bertz CT molecular complexity index is 553. The summed E-state index contributed by atoms with van der Waals surface area (Å²) >= 11 is 5.61. The molecule has 0 saturated carbocycles. The fourth-order valence-electron chi connectivity index (χ4n) is 2.91. The van der Waals surface area contributed by atoms with Crippen molar-refractivity contribution in [3.8, 4) is 0 Å². The quantitative estimate of drug-likeness (QED) is 0.496. The summed E-state index contributed by atoms with van der Waals surface area (Å²) in [6.45, 7) is 7.14. The summed E-state index contributed by atoms with van der Waals surface area (Å²) < 4.78 is 0. The van der Waals surface area contributed by atoms with Crippen LogP contribution in [0, 0.1) is 5.92 Å². The van der Waals surface area contributed by atoms with Gasteiger partial charge in [-0.2, -0.15) is 0 Å². The Labute approximate surface area is 159 Å². The highest BCUT2D eigenvalue weighted by atomic mass is 35.5. The number of nitrogens with zero attached hydrogens (tertiary/aromatic N) is 1. The van der Waals surface area contributed by atoms with Gasteiger partial charge in [-0.3, -0.25) is 19.2 Å². The minimum absolute atomic E-state index is 0.111. The number of carbonyl (C=O) groups is 4. The first-order chi connectivity index (χ1) is 12.1. The van der Waals surface area contributed by atoms with Crippen LogP contribution in [0.4, 0.5) is 0 Å². The van der Waals surface area contributed by atoms with Crippen molar-refractivity contribution in [2.24, 2.45) is 11.7 Å². The van der Waals surface area contributed by atoms with Crippen LogP contribution < -0.4 is 16.4 Å². The van der Waals surface area contributed by atoms with E-state index in [4.69, 9.17) is 17.3 Å². The molecule has 4 N–H and O–H groups in total. The molecule has 8 nitrogen and oxygen atoms in total. The molecular weight excluding hydrogens is 360 g/mol. The number of hydrogen-bond donors (Lipinski definition) is 3. The third kappa shape index (κ3) is 5.67. The van der Waals surface area contributed by atoms with E-state index >= 15 is 0 Å². The van der Waals surface area contributed by atoms with Gasteiger partial charge in [0.2, 0.25) is 17.7 Å². The van der Waals surface area contributed by atoms with Crippen molar-refractivity contribution in [1.82, 2.24) is 15.5 Å². The van der Waals surface area contributed by atoms with Crippen molar-refractivity contribution in [3.63, 3.8) is 0 Å². The van der Waals surface area contributed by atoms with Crippen molar-refractivity contribution < 1.29 is 19.2 Å². The molecule has 1 heterocycles. The maximum atomic E-state index is 12.6. The number of halogens is 1. The molecule has 26 heavy (non-hydrogen) atoms. The van der Waals surface area contributed by atoms with Crippen molar-refractivity contribution in [2.45, 2.75) is 64.7 Å². The lowest BCUT2D eigenvalue weighted by Gasteiger charge is -2.29. The summed E-state index contributed by atoms with van der Waals surface area (Å²) in [5.41, 5.74) is 5.49. The van der Waals surface area contributed by atoms with E-state index in [1.807, 2.05) is 13.8 Å². The highest BCUT2D eigenvalue weighted by Crippen LogP contribution is 2.19. The largest absolute Gasteiger partial charge is 0.344 e. The molecule has 9 heteroatoms. The fourth-order valence-corrected chi connectivity index (χ4v) is 3.08. The van der Waals surface area contributed by atoms with Gasteiger partial charge in [0.1, 0.15) is 12.1 Å². The number of ketones is 1. The van der Waals surface area contributed by atoms with Gasteiger partial charge in [-0.25, -0.2) is 0 Å². The molecule has 0 aliphatic carbocycles. The van der Waals surface area contributed by atoms with Gasteiger partial charge in [-0.1, -0.05) is 13.8 Å². The van der Waals surface area contributed by atoms with Gasteiger partial charge in [0.05, 0.1) is 18.0 Å². The lowest BCUT2D eigenvalue weighted by Crippen LogP contribution is -2.56. The third-order valence-electron chi connectivity index (χ3n) is 4.42. The van der Waals surface area contributed by atoms with Gasteiger partial charge in [-0.05, 0) is 32.6 Å². The van der Waals surface area contributed by atoms with Crippen LogP contribution in [-0.4, -0.2) is 65.0 Å². The number of likely N-dealkylation sites (tertiary alicyclic amines) is 1. The summed E-state index contributed by atoms with van der Waals surface area (Å²) in [5.74, 6) is -1.71. The Balaban J connectivity index is 2.79. The second kappa shape index (κ2) is 9.87. The molecule has 0 radical (unpaired) electrons. The summed E-state index contributed by atoms with van der Waals surface area (Å²) in [5, 5.41) is 5.26. The topological polar surface area (TPSA) is 122 Å². The molecule has 0 spiro atoms. The van der Waals surface area contributed by atoms with Crippen molar-refractivity contribution in [2.75, 3.05) is 12.4 Å².